The van der Waals surface area contributed by atoms with Gasteiger partial charge in [0.15, 0.2) is 0 Å². The lowest BCUT2D eigenvalue weighted by molar-refractivity contribution is -0.178. The Labute approximate surface area is 152 Å². The van der Waals surface area contributed by atoms with Gasteiger partial charge in [0.05, 0.1) is 0 Å². The molecular weight excluding hydrogens is 340 g/mol. The fraction of sp³-hybridized carbons (Fsp3) is 0.200. The molecule has 0 N–H and O–H groups in total. The molecule has 2 rings (SSSR count). The highest BCUT2D eigenvalue weighted by Crippen LogP contribution is 2.21. The second-order valence-electron chi connectivity index (χ2n) is 5.48. The lowest BCUT2D eigenvalue weighted by Crippen LogP contribution is -2.25. The molecule has 130 valence electrons. The first-order chi connectivity index (χ1) is 11.9. The Morgan fingerprint density at radius 1 is 0.960 bits per heavy atom. The van der Waals surface area contributed by atoms with E-state index in [4.69, 9.17) is 21.1 Å². The molecular formula is C20H19ClO4. The monoisotopic (exact) mass is 358 g/mol. The van der Waals surface area contributed by atoms with Crippen LogP contribution in [0.25, 0.3) is 6.08 Å². The van der Waals surface area contributed by atoms with E-state index in [-0.39, 0.29) is 0 Å². The maximum atomic E-state index is 11.4. The Morgan fingerprint density at radius 3 is 2.04 bits per heavy atom. The van der Waals surface area contributed by atoms with Crippen LogP contribution in [0.1, 0.15) is 25.0 Å². The van der Waals surface area contributed by atoms with Gasteiger partial charge in [-0.3, -0.25) is 9.59 Å². The number of halogens is 1. The van der Waals surface area contributed by atoms with Gasteiger partial charge in [0.25, 0.3) is 6.29 Å². The van der Waals surface area contributed by atoms with Crippen molar-refractivity contribution in [2.45, 2.75) is 26.6 Å². The van der Waals surface area contributed by atoms with Crippen molar-refractivity contribution in [2.75, 3.05) is 0 Å². The van der Waals surface area contributed by atoms with Gasteiger partial charge in [-0.2, -0.15) is 0 Å². The molecule has 5 heteroatoms. The summed E-state index contributed by atoms with van der Waals surface area (Å²) in [5.74, 6) is -1.05. The standard InChI is InChI=1S/C20H19ClO4/c1-14(22)24-20(25-15(2)23)18(12-16-6-4-3-5-7-16)13-17-8-10-19(21)11-9-17/h3-11,13,20H,12H2,1-2H3. The molecule has 0 aromatic heterocycles. The second-order valence-corrected chi connectivity index (χ2v) is 5.92. The van der Waals surface area contributed by atoms with E-state index in [0.717, 1.165) is 11.1 Å². The summed E-state index contributed by atoms with van der Waals surface area (Å²) in [6.07, 6.45) is 1.22. The first kappa shape index (κ1) is 18.7. The minimum Gasteiger partial charge on any atom is -0.421 e. The average molecular weight is 359 g/mol. The summed E-state index contributed by atoms with van der Waals surface area (Å²) in [5, 5.41) is 0.623. The van der Waals surface area contributed by atoms with Gasteiger partial charge in [0, 0.05) is 30.9 Å². The Balaban J connectivity index is 2.39. The van der Waals surface area contributed by atoms with Crippen LogP contribution >= 0.6 is 11.6 Å². The number of esters is 2. The van der Waals surface area contributed by atoms with Gasteiger partial charge < -0.3 is 9.47 Å². The summed E-state index contributed by atoms with van der Waals surface area (Å²) in [6.45, 7) is 2.55. The highest BCUT2D eigenvalue weighted by atomic mass is 35.5. The van der Waals surface area contributed by atoms with E-state index in [1.165, 1.54) is 13.8 Å². The van der Waals surface area contributed by atoms with Crippen molar-refractivity contribution in [1.29, 1.82) is 0 Å². The molecule has 0 unspecified atom stereocenters. The van der Waals surface area contributed by atoms with Gasteiger partial charge in [-0.05, 0) is 29.3 Å². The molecule has 4 nitrogen and oxygen atoms in total. The van der Waals surface area contributed by atoms with Crippen LogP contribution in [0.4, 0.5) is 0 Å². The third kappa shape index (κ3) is 6.43. The zero-order chi connectivity index (χ0) is 18.2. The van der Waals surface area contributed by atoms with Crippen LogP contribution in [0, 0.1) is 0 Å². The third-order valence-electron chi connectivity index (χ3n) is 3.32. The van der Waals surface area contributed by atoms with Crippen molar-refractivity contribution in [1.82, 2.24) is 0 Å². The van der Waals surface area contributed by atoms with E-state index in [1.807, 2.05) is 48.5 Å². The number of hydrogen-bond donors (Lipinski definition) is 0. The van der Waals surface area contributed by atoms with E-state index in [9.17, 15) is 9.59 Å². The molecule has 0 saturated carbocycles. The van der Waals surface area contributed by atoms with Crippen molar-refractivity contribution < 1.29 is 19.1 Å². The topological polar surface area (TPSA) is 52.6 Å². The van der Waals surface area contributed by atoms with Crippen LogP contribution in [-0.2, 0) is 25.5 Å². The predicted molar refractivity (Wildman–Crippen MR) is 96.9 cm³/mol. The van der Waals surface area contributed by atoms with Crippen LogP contribution in [0.2, 0.25) is 5.02 Å². The Hall–Kier alpha value is -2.59. The van der Waals surface area contributed by atoms with Crippen LogP contribution in [0.15, 0.2) is 60.2 Å². The molecule has 0 aliphatic carbocycles. The number of benzene rings is 2. The second kappa shape index (κ2) is 9.04. The Kier molecular flexibility index (Phi) is 6.78. The maximum Gasteiger partial charge on any atom is 0.305 e. The molecule has 0 heterocycles. The summed E-state index contributed by atoms with van der Waals surface area (Å²) in [6, 6.07) is 16.9. The van der Waals surface area contributed by atoms with E-state index in [2.05, 4.69) is 0 Å². The maximum absolute atomic E-state index is 11.4. The van der Waals surface area contributed by atoms with Crippen molar-refractivity contribution in [3.8, 4) is 0 Å². The van der Waals surface area contributed by atoms with Gasteiger partial charge >= 0.3 is 11.9 Å². The average Bonchev–Trinajstić information content (AvgIpc) is 2.56. The first-order valence-corrected chi connectivity index (χ1v) is 8.16. The molecule has 0 amide bonds. The molecule has 2 aromatic rings. The van der Waals surface area contributed by atoms with E-state index < -0.39 is 18.2 Å². The van der Waals surface area contributed by atoms with Crippen molar-refractivity contribution in [2.24, 2.45) is 0 Å². The Morgan fingerprint density at radius 2 is 1.52 bits per heavy atom. The van der Waals surface area contributed by atoms with Crippen LogP contribution in [0.3, 0.4) is 0 Å². The highest BCUT2D eigenvalue weighted by molar-refractivity contribution is 6.30. The van der Waals surface area contributed by atoms with E-state index in [1.54, 1.807) is 12.1 Å². The molecule has 2 aromatic carbocycles. The fourth-order valence-corrected chi connectivity index (χ4v) is 2.41. The number of carbonyl (C=O) groups excluding carboxylic acids is 2. The number of carbonyl (C=O) groups is 2. The summed E-state index contributed by atoms with van der Waals surface area (Å²) in [7, 11) is 0. The van der Waals surface area contributed by atoms with Gasteiger partial charge in [0.2, 0.25) is 0 Å². The summed E-state index contributed by atoms with van der Waals surface area (Å²) in [5.41, 5.74) is 2.52. The zero-order valence-corrected chi connectivity index (χ0v) is 14.8. The van der Waals surface area contributed by atoms with Gasteiger partial charge in [-0.1, -0.05) is 54.1 Å². The quantitative estimate of drug-likeness (QED) is 0.566. The van der Waals surface area contributed by atoms with E-state index in [0.29, 0.717) is 17.0 Å². The third-order valence-corrected chi connectivity index (χ3v) is 3.57. The number of ether oxygens (including phenoxy) is 2. The molecule has 25 heavy (non-hydrogen) atoms. The van der Waals surface area contributed by atoms with Gasteiger partial charge in [-0.25, -0.2) is 0 Å². The van der Waals surface area contributed by atoms with Crippen molar-refractivity contribution in [3.63, 3.8) is 0 Å². The summed E-state index contributed by atoms with van der Waals surface area (Å²) < 4.78 is 10.4. The molecule has 0 spiro atoms. The highest BCUT2D eigenvalue weighted by Gasteiger charge is 2.21. The molecule has 0 aliphatic rings. The largest absolute Gasteiger partial charge is 0.421 e. The minimum atomic E-state index is -1.08. The predicted octanol–water partition coefficient (Wildman–Crippen LogP) is 4.42. The fourth-order valence-electron chi connectivity index (χ4n) is 2.28. The lowest BCUT2D eigenvalue weighted by Gasteiger charge is -2.20. The normalized spacial score (nSPS) is 11.3. The van der Waals surface area contributed by atoms with Gasteiger partial charge in [-0.15, -0.1) is 0 Å². The number of hydrogen-bond acceptors (Lipinski definition) is 4. The van der Waals surface area contributed by atoms with E-state index >= 15 is 0 Å². The first-order valence-electron chi connectivity index (χ1n) is 7.78. The van der Waals surface area contributed by atoms with Crippen LogP contribution in [0.5, 0.6) is 0 Å². The SMILES string of the molecule is CC(=O)OC(OC(C)=O)C(=Cc1ccc(Cl)cc1)Cc1ccccc1. The van der Waals surface area contributed by atoms with Crippen LogP contribution < -0.4 is 0 Å². The smallest absolute Gasteiger partial charge is 0.305 e. The minimum absolute atomic E-state index is 0.467. The summed E-state index contributed by atoms with van der Waals surface area (Å²) in [4.78, 5) is 22.9. The molecule has 0 radical (unpaired) electrons. The lowest BCUT2D eigenvalue weighted by atomic mass is 10.0. The molecule has 0 fully saturated rings. The zero-order valence-electron chi connectivity index (χ0n) is 14.1. The summed E-state index contributed by atoms with van der Waals surface area (Å²) >= 11 is 5.92. The Bertz CT molecular complexity index is 735. The molecule has 0 bridgehead atoms. The molecule has 0 saturated heterocycles. The van der Waals surface area contributed by atoms with Crippen molar-refractivity contribution in [3.05, 3.63) is 76.3 Å². The number of rotatable bonds is 6. The van der Waals surface area contributed by atoms with Gasteiger partial charge in [0.1, 0.15) is 0 Å². The molecule has 0 atom stereocenters. The van der Waals surface area contributed by atoms with Crippen LogP contribution in [-0.4, -0.2) is 18.2 Å². The van der Waals surface area contributed by atoms with Crippen molar-refractivity contribution >= 4 is 29.6 Å². The molecule has 0 aliphatic heterocycles.